The molecule has 1 aromatic rings. The predicted molar refractivity (Wildman–Crippen MR) is 73.8 cm³/mol. The fourth-order valence-electron chi connectivity index (χ4n) is 2.31. The number of nitrogens with one attached hydrogen (secondary N) is 1. The number of carbonyl (C=O) groups excluding carboxylic acids is 1. The Kier molecular flexibility index (Phi) is 4.56. The average molecular weight is 300 g/mol. The van der Waals surface area contributed by atoms with E-state index in [1.54, 1.807) is 0 Å². The lowest BCUT2D eigenvalue weighted by atomic mass is 10.1. The summed E-state index contributed by atoms with van der Waals surface area (Å²) in [4.78, 5) is 13.5. The number of likely N-dealkylation sites (tertiary alicyclic amines) is 1. The van der Waals surface area contributed by atoms with Gasteiger partial charge in [-0.15, -0.1) is 0 Å². The molecule has 0 radical (unpaired) electrons. The van der Waals surface area contributed by atoms with Crippen molar-refractivity contribution in [3.8, 4) is 0 Å². The largest absolute Gasteiger partial charge is 0.332 e. The number of alkyl halides is 2. The van der Waals surface area contributed by atoms with Gasteiger partial charge in [0.25, 0.3) is 11.8 Å². The first kappa shape index (κ1) is 15.8. The van der Waals surface area contributed by atoms with Crippen molar-refractivity contribution in [2.24, 2.45) is 0 Å². The van der Waals surface area contributed by atoms with Gasteiger partial charge >= 0.3 is 0 Å². The molecular formula is C15H19F3N2O. The van der Waals surface area contributed by atoms with Crippen LogP contribution in [0.5, 0.6) is 0 Å². The molecule has 1 aliphatic heterocycles. The summed E-state index contributed by atoms with van der Waals surface area (Å²) in [6.45, 7) is 3.64. The molecule has 1 N–H and O–H groups in total. The molecule has 0 aliphatic carbocycles. The summed E-state index contributed by atoms with van der Waals surface area (Å²) in [5, 5.41) is 3.11. The molecule has 1 heterocycles. The molecule has 116 valence electrons. The Labute approximate surface area is 122 Å². The Hall–Kier alpha value is -1.56. The first-order valence-corrected chi connectivity index (χ1v) is 6.97. The van der Waals surface area contributed by atoms with Crippen molar-refractivity contribution < 1.29 is 18.0 Å². The zero-order valence-corrected chi connectivity index (χ0v) is 12.1. The lowest BCUT2D eigenvalue weighted by molar-refractivity contribution is 0.0120. The van der Waals surface area contributed by atoms with E-state index < -0.39 is 24.2 Å². The predicted octanol–water partition coefficient (Wildman–Crippen LogP) is 2.80. The zero-order valence-electron chi connectivity index (χ0n) is 12.1. The maximum Gasteiger partial charge on any atom is 0.267 e. The van der Waals surface area contributed by atoms with Crippen molar-refractivity contribution in [3.63, 3.8) is 0 Å². The van der Waals surface area contributed by atoms with Crippen LogP contribution >= 0.6 is 0 Å². The summed E-state index contributed by atoms with van der Waals surface area (Å²) >= 11 is 0. The van der Waals surface area contributed by atoms with E-state index in [4.69, 9.17) is 0 Å². The van der Waals surface area contributed by atoms with Gasteiger partial charge < -0.3 is 10.2 Å². The molecule has 1 amide bonds. The van der Waals surface area contributed by atoms with Crippen molar-refractivity contribution in [2.45, 2.75) is 38.8 Å². The number of amides is 1. The molecule has 1 saturated heterocycles. The normalized spacial score (nSPS) is 17.5. The van der Waals surface area contributed by atoms with Gasteiger partial charge in [0.2, 0.25) is 0 Å². The second-order valence-electron chi connectivity index (χ2n) is 5.67. The second-order valence-corrected chi connectivity index (χ2v) is 5.67. The standard InChI is InChI=1S/C15H19F3N2O/c1-10(2)19-8-11-7-12(16)3-4-13(11)14(21)20-6-5-15(17,18)9-20/h3-4,7,10,19H,5-6,8-9H2,1-2H3. The Morgan fingerprint density at radius 1 is 1.43 bits per heavy atom. The Bertz CT molecular complexity index is 532. The van der Waals surface area contributed by atoms with E-state index in [1.807, 2.05) is 13.8 Å². The number of hydrogen-bond donors (Lipinski definition) is 1. The Morgan fingerprint density at radius 3 is 2.71 bits per heavy atom. The molecule has 0 spiro atoms. The van der Waals surface area contributed by atoms with Gasteiger partial charge in [-0.3, -0.25) is 4.79 Å². The zero-order chi connectivity index (χ0) is 15.6. The number of halogens is 3. The number of rotatable bonds is 4. The first-order chi connectivity index (χ1) is 9.78. The smallest absolute Gasteiger partial charge is 0.267 e. The molecule has 1 aromatic carbocycles. The summed E-state index contributed by atoms with van der Waals surface area (Å²) in [6, 6.07) is 4.00. The van der Waals surface area contributed by atoms with Crippen LogP contribution in [0.15, 0.2) is 18.2 Å². The highest BCUT2D eigenvalue weighted by Crippen LogP contribution is 2.28. The molecule has 1 fully saturated rings. The lowest BCUT2D eigenvalue weighted by Crippen LogP contribution is -2.33. The minimum Gasteiger partial charge on any atom is -0.332 e. The molecule has 0 bridgehead atoms. The van der Waals surface area contributed by atoms with E-state index in [2.05, 4.69) is 5.32 Å². The molecule has 0 aromatic heterocycles. The van der Waals surface area contributed by atoms with Gasteiger partial charge in [0, 0.05) is 31.1 Å². The molecule has 1 aliphatic rings. The molecular weight excluding hydrogens is 281 g/mol. The van der Waals surface area contributed by atoms with Crippen LogP contribution in [-0.4, -0.2) is 35.9 Å². The van der Waals surface area contributed by atoms with Crippen LogP contribution in [-0.2, 0) is 6.54 Å². The third kappa shape index (κ3) is 3.97. The number of benzene rings is 1. The SMILES string of the molecule is CC(C)NCc1cc(F)ccc1C(=O)N1CCC(F)(F)C1. The van der Waals surface area contributed by atoms with E-state index >= 15 is 0 Å². The minimum absolute atomic E-state index is 0.0280. The van der Waals surface area contributed by atoms with Gasteiger partial charge in [0.1, 0.15) is 5.82 Å². The van der Waals surface area contributed by atoms with Crippen LogP contribution in [0.2, 0.25) is 0 Å². The van der Waals surface area contributed by atoms with Crippen molar-refractivity contribution in [3.05, 3.63) is 35.1 Å². The topological polar surface area (TPSA) is 32.3 Å². The molecule has 2 rings (SSSR count). The Balaban J connectivity index is 2.20. The van der Waals surface area contributed by atoms with Crippen molar-refractivity contribution in [1.82, 2.24) is 10.2 Å². The molecule has 0 atom stereocenters. The number of carbonyl (C=O) groups is 1. The van der Waals surface area contributed by atoms with Crippen molar-refractivity contribution >= 4 is 5.91 Å². The quantitative estimate of drug-likeness (QED) is 0.927. The van der Waals surface area contributed by atoms with Crippen molar-refractivity contribution in [1.29, 1.82) is 0 Å². The van der Waals surface area contributed by atoms with Gasteiger partial charge in [-0.05, 0) is 23.8 Å². The van der Waals surface area contributed by atoms with Gasteiger partial charge in [0.15, 0.2) is 0 Å². The van der Waals surface area contributed by atoms with E-state index in [0.717, 1.165) is 4.90 Å². The third-order valence-electron chi connectivity index (χ3n) is 3.46. The van der Waals surface area contributed by atoms with Gasteiger partial charge in [0.05, 0.1) is 6.54 Å². The molecule has 0 saturated carbocycles. The summed E-state index contributed by atoms with van der Waals surface area (Å²) in [5.41, 5.74) is 0.770. The number of nitrogens with zero attached hydrogens (tertiary/aromatic N) is 1. The van der Waals surface area contributed by atoms with Gasteiger partial charge in [-0.2, -0.15) is 0 Å². The highest BCUT2D eigenvalue weighted by molar-refractivity contribution is 5.96. The minimum atomic E-state index is -2.83. The highest BCUT2D eigenvalue weighted by Gasteiger charge is 2.40. The Morgan fingerprint density at radius 2 is 2.14 bits per heavy atom. The van der Waals surface area contributed by atoms with E-state index in [-0.39, 0.29) is 24.6 Å². The summed E-state index contributed by atoms with van der Waals surface area (Å²) in [6.07, 6.45) is -0.320. The lowest BCUT2D eigenvalue weighted by Gasteiger charge is -2.19. The van der Waals surface area contributed by atoms with E-state index in [0.29, 0.717) is 12.1 Å². The maximum atomic E-state index is 13.4. The molecule has 6 heteroatoms. The van der Waals surface area contributed by atoms with Gasteiger partial charge in [-0.1, -0.05) is 13.8 Å². The number of hydrogen-bond acceptors (Lipinski definition) is 2. The maximum absolute atomic E-state index is 13.4. The fraction of sp³-hybridized carbons (Fsp3) is 0.533. The fourth-order valence-corrected chi connectivity index (χ4v) is 2.31. The highest BCUT2D eigenvalue weighted by atomic mass is 19.3. The average Bonchev–Trinajstić information content (AvgIpc) is 2.76. The second kappa shape index (κ2) is 6.05. The summed E-state index contributed by atoms with van der Waals surface area (Å²) in [7, 11) is 0. The summed E-state index contributed by atoms with van der Waals surface area (Å²) in [5.74, 6) is -3.74. The van der Waals surface area contributed by atoms with E-state index in [1.165, 1.54) is 18.2 Å². The van der Waals surface area contributed by atoms with Crippen molar-refractivity contribution in [2.75, 3.05) is 13.1 Å². The van der Waals surface area contributed by atoms with Crippen LogP contribution in [0.4, 0.5) is 13.2 Å². The molecule has 21 heavy (non-hydrogen) atoms. The first-order valence-electron chi connectivity index (χ1n) is 6.97. The van der Waals surface area contributed by atoms with Crippen LogP contribution in [0.1, 0.15) is 36.2 Å². The third-order valence-corrected chi connectivity index (χ3v) is 3.46. The van der Waals surface area contributed by atoms with E-state index in [9.17, 15) is 18.0 Å². The molecule has 0 unspecified atom stereocenters. The van der Waals surface area contributed by atoms with Crippen LogP contribution in [0, 0.1) is 5.82 Å². The van der Waals surface area contributed by atoms with Crippen LogP contribution in [0.3, 0.4) is 0 Å². The monoisotopic (exact) mass is 300 g/mol. The van der Waals surface area contributed by atoms with Crippen LogP contribution < -0.4 is 5.32 Å². The van der Waals surface area contributed by atoms with Crippen LogP contribution in [0.25, 0.3) is 0 Å². The molecule has 3 nitrogen and oxygen atoms in total. The van der Waals surface area contributed by atoms with Gasteiger partial charge in [-0.25, -0.2) is 13.2 Å². The summed E-state index contributed by atoms with van der Waals surface area (Å²) < 4.78 is 39.8.